The van der Waals surface area contributed by atoms with Crippen LogP contribution in [0.15, 0.2) is 24.3 Å². The maximum atomic E-state index is 11.8. The van der Waals surface area contributed by atoms with Crippen LogP contribution in [0.5, 0.6) is 0 Å². The second-order valence-electron chi connectivity index (χ2n) is 5.78. The number of carbonyl (C=O) groups is 3. The lowest BCUT2D eigenvalue weighted by Crippen LogP contribution is -2.35. The summed E-state index contributed by atoms with van der Waals surface area (Å²) in [6, 6.07) is 6.62. The summed E-state index contributed by atoms with van der Waals surface area (Å²) < 4.78 is 0. The van der Waals surface area contributed by atoms with Gasteiger partial charge in [0.05, 0.1) is 0 Å². The Morgan fingerprint density at radius 1 is 0.958 bits per heavy atom. The van der Waals surface area contributed by atoms with Crippen molar-refractivity contribution in [2.45, 2.75) is 25.7 Å². The Morgan fingerprint density at radius 3 is 2.29 bits per heavy atom. The summed E-state index contributed by atoms with van der Waals surface area (Å²) in [4.78, 5) is 34.9. The van der Waals surface area contributed by atoms with Gasteiger partial charge in [0.1, 0.15) is 0 Å². The second kappa shape index (κ2) is 9.27. The Hall–Kier alpha value is -2.08. The lowest BCUT2D eigenvalue weighted by Gasteiger charge is -2.07. The molecule has 1 aliphatic rings. The molecular weight excluding hydrogens is 330 g/mol. The Kier molecular flexibility index (Phi) is 7.06. The number of hydrogen-bond acceptors (Lipinski definition) is 3. The first kappa shape index (κ1) is 18.3. The van der Waals surface area contributed by atoms with Crippen LogP contribution < -0.4 is 16.0 Å². The van der Waals surface area contributed by atoms with Gasteiger partial charge in [-0.3, -0.25) is 14.4 Å². The summed E-state index contributed by atoms with van der Waals surface area (Å²) in [5.41, 5.74) is 0.537. The van der Waals surface area contributed by atoms with Gasteiger partial charge in [-0.05, 0) is 43.5 Å². The van der Waals surface area contributed by atoms with Crippen molar-refractivity contribution in [2.24, 2.45) is 5.92 Å². The zero-order chi connectivity index (χ0) is 17.4. The molecule has 6 nitrogen and oxygen atoms in total. The van der Waals surface area contributed by atoms with Crippen LogP contribution in [0, 0.1) is 5.92 Å². The third-order valence-electron chi connectivity index (χ3n) is 3.67. The van der Waals surface area contributed by atoms with E-state index in [4.69, 9.17) is 11.6 Å². The van der Waals surface area contributed by atoms with Gasteiger partial charge in [0.2, 0.25) is 11.8 Å². The van der Waals surface area contributed by atoms with Crippen molar-refractivity contribution >= 4 is 29.3 Å². The Bertz CT molecular complexity index is 585. The van der Waals surface area contributed by atoms with Gasteiger partial charge in [-0.15, -0.1) is 0 Å². The van der Waals surface area contributed by atoms with Gasteiger partial charge < -0.3 is 16.0 Å². The minimum atomic E-state index is -0.185. The summed E-state index contributed by atoms with van der Waals surface area (Å²) in [5.74, 6) is -0.00890. The first-order chi connectivity index (χ1) is 11.6. The molecule has 7 heteroatoms. The van der Waals surface area contributed by atoms with Crippen molar-refractivity contribution in [1.29, 1.82) is 0 Å². The van der Waals surface area contributed by atoms with Crippen LogP contribution >= 0.6 is 11.6 Å². The summed E-state index contributed by atoms with van der Waals surface area (Å²) in [5, 5.41) is 8.86. The van der Waals surface area contributed by atoms with Gasteiger partial charge in [0, 0.05) is 42.6 Å². The molecule has 0 heterocycles. The van der Waals surface area contributed by atoms with Crippen molar-refractivity contribution in [3.63, 3.8) is 0 Å². The highest BCUT2D eigenvalue weighted by molar-refractivity contribution is 6.30. The topological polar surface area (TPSA) is 87.3 Å². The minimum Gasteiger partial charge on any atom is -0.354 e. The first-order valence-corrected chi connectivity index (χ1v) is 8.52. The smallest absolute Gasteiger partial charge is 0.251 e. The maximum absolute atomic E-state index is 11.8. The number of carbonyl (C=O) groups excluding carboxylic acids is 3. The number of halogens is 1. The van der Waals surface area contributed by atoms with E-state index in [1.807, 2.05) is 0 Å². The predicted octanol–water partition coefficient (Wildman–Crippen LogP) is 1.49. The minimum absolute atomic E-state index is 0.0779. The van der Waals surface area contributed by atoms with Crippen LogP contribution in [0.1, 0.15) is 36.0 Å². The van der Waals surface area contributed by atoms with Gasteiger partial charge in [-0.1, -0.05) is 11.6 Å². The molecule has 3 N–H and O–H groups in total. The van der Waals surface area contributed by atoms with Crippen LogP contribution in [-0.4, -0.2) is 37.4 Å². The van der Waals surface area contributed by atoms with E-state index >= 15 is 0 Å². The molecular formula is C17H22ClN3O3. The van der Waals surface area contributed by atoms with Crippen molar-refractivity contribution in [1.82, 2.24) is 16.0 Å². The number of rotatable bonds is 9. The fourth-order valence-corrected chi connectivity index (χ4v) is 2.25. The summed E-state index contributed by atoms with van der Waals surface area (Å²) in [6.45, 7) is 1.30. The van der Waals surface area contributed by atoms with E-state index in [9.17, 15) is 14.4 Å². The molecule has 0 atom stereocenters. The molecule has 0 aromatic heterocycles. The summed E-state index contributed by atoms with van der Waals surface area (Å²) in [6.07, 6.45) is 2.83. The molecule has 1 fully saturated rings. The van der Waals surface area contributed by atoms with Crippen LogP contribution in [0.3, 0.4) is 0 Å². The molecule has 24 heavy (non-hydrogen) atoms. The van der Waals surface area contributed by atoms with Crippen LogP contribution in [0.2, 0.25) is 5.02 Å². The quantitative estimate of drug-likeness (QED) is 0.589. The zero-order valence-corrected chi connectivity index (χ0v) is 14.2. The van der Waals surface area contributed by atoms with Gasteiger partial charge in [0.25, 0.3) is 5.91 Å². The van der Waals surface area contributed by atoms with Crippen molar-refractivity contribution < 1.29 is 14.4 Å². The fraction of sp³-hybridized carbons (Fsp3) is 0.471. The molecule has 0 bridgehead atoms. The lowest BCUT2D eigenvalue weighted by molar-refractivity contribution is -0.123. The van der Waals surface area contributed by atoms with E-state index in [2.05, 4.69) is 16.0 Å². The van der Waals surface area contributed by atoms with Crippen LogP contribution in [0.25, 0.3) is 0 Å². The third-order valence-corrected chi connectivity index (χ3v) is 3.92. The first-order valence-electron chi connectivity index (χ1n) is 8.14. The molecule has 1 aromatic rings. The van der Waals surface area contributed by atoms with E-state index in [0.717, 1.165) is 12.8 Å². The lowest BCUT2D eigenvalue weighted by atomic mass is 10.2. The van der Waals surface area contributed by atoms with E-state index < -0.39 is 0 Å². The number of amides is 3. The monoisotopic (exact) mass is 351 g/mol. The highest BCUT2D eigenvalue weighted by atomic mass is 35.5. The Morgan fingerprint density at radius 2 is 1.62 bits per heavy atom. The predicted molar refractivity (Wildman–Crippen MR) is 91.8 cm³/mol. The number of benzene rings is 1. The van der Waals surface area contributed by atoms with Crippen molar-refractivity contribution in [3.8, 4) is 0 Å². The average molecular weight is 352 g/mol. The number of hydrogen-bond donors (Lipinski definition) is 3. The largest absolute Gasteiger partial charge is 0.354 e. The van der Waals surface area contributed by atoms with E-state index in [1.165, 1.54) is 0 Å². The molecule has 130 valence electrons. The van der Waals surface area contributed by atoms with Gasteiger partial charge in [-0.2, -0.15) is 0 Å². The molecule has 1 saturated carbocycles. The molecule has 2 rings (SSSR count). The summed E-state index contributed by atoms with van der Waals surface area (Å²) in [7, 11) is 0. The SMILES string of the molecule is O=C(CCCNC(=O)c1ccc(Cl)cc1)NCCNC(=O)C1CC1. The normalized spacial score (nSPS) is 13.2. The van der Waals surface area contributed by atoms with Crippen molar-refractivity contribution in [2.75, 3.05) is 19.6 Å². The highest BCUT2D eigenvalue weighted by Gasteiger charge is 2.28. The van der Waals surface area contributed by atoms with Gasteiger partial charge >= 0.3 is 0 Å². The van der Waals surface area contributed by atoms with E-state index in [0.29, 0.717) is 43.1 Å². The summed E-state index contributed by atoms with van der Waals surface area (Å²) >= 11 is 5.77. The van der Waals surface area contributed by atoms with Crippen LogP contribution in [-0.2, 0) is 9.59 Å². The van der Waals surface area contributed by atoms with Crippen LogP contribution in [0.4, 0.5) is 0 Å². The van der Waals surface area contributed by atoms with E-state index in [1.54, 1.807) is 24.3 Å². The molecule has 3 amide bonds. The molecule has 1 aromatic carbocycles. The van der Waals surface area contributed by atoms with Gasteiger partial charge in [-0.25, -0.2) is 0 Å². The fourth-order valence-electron chi connectivity index (χ4n) is 2.12. The third kappa shape index (κ3) is 6.58. The maximum Gasteiger partial charge on any atom is 0.251 e. The molecule has 1 aliphatic carbocycles. The zero-order valence-electron chi connectivity index (χ0n) is 13.4. The molecule has 0 spiro atoms. The molecule has 0 radical (unpaired) electrons. The molecule has 0 unspecified atom stereocenters. The average Bonchev–Trinajstić information content (AvgIpc) is 3.41. The van der Waals surface area contributed by atoms with Gasteiger partial charge in [0.15, 0.2) is 0 Å². The standard InChI is InChI=1S/C17H22ClN3O3/c18-14-7-5-13(6-8-14)16(23)20-9-1-2-15(22)19-10-11-21-17(24)12-3-4-12/h5-8,12H,1-4,9-11H2,(H,19,22)(H,20,23)(H,21,24). The molecule has 0 saturated heterocycles. The Balaban J connectivity index is 1.50. The van der Waals surface area contributed by atoms with E-state index in [-0.39, 0.29) is 23.6 Å². The molecule has 0 aliphatic heterocycles. The second-order valence-corrected chi connectivity index (χ2v) is 6.22. The number of nitrogens with one attached hydrogen (secondary N) is 3. The highest BCUT2D eigenvalue weighted by Crippen LogP contribution is 2.28. The Labute approximate surface area is 146 Å². The van der Waals surface area contributed by atoms with Crippen molar-refractivity contribution in [3.05, 3.63) is 34.9 Å².